The highest BCUT2D eigenvalue weighted by Crippen LogP contribution is 2.34. The Labute approximate surface area is 372 Å². The summed E-state index contributed by atoms with van der Waals surface area (Å²) in [6.45, 7) is 7.99. The lowest BCUT2D eigenvalue weighted by atomic mass is 10.0. The molecule has 5 heterocycles. The van der Waals surface area contributed by atoms with Crippen LogP contribution in [0.15, 0.2) is 99.0 Å². The number of carbonyl (C=O) groups excluding carboxylic acids is 2. The second-order valence-corrected chi connectivity index (χ2v) is 17.6. The summed E-state index contributed by atoms with van der Waals surface area (Å²) in [5.74, 6) is 1.97. The van der Waals surface area contributed by atoms with Gasteiger partial charge in [0.2, 0.25) is 16.2 Å². The maximum absolute atomic E-state index is 13.6. The second-order valence-electron chi connectivity index (χ2n) is 14.6. The summed E-state index contributed by atoms with van der Waals surface area (Å²) in [4.78, 5) is 47.4. The molecule has 2 saturated heterocycles. The van der Waals surface area contributed by atoms with E-state index in [1.54, 1.807) is 23.7 Å². The van der Waals surface area contributed by atoms with E-state index in [4.69, 9.17) is 19.2 Å². The predicted octanol–water partition coefficient (Wildman–Crippen LogP) is 6.58. The van der Waals surface area contributed by atoms with Crippen LogP contribution in [0.1, 0.15) is 48.9 Å². The van der Waals surface area contributed by atoms with Gasteiger partial charge >= 0.3 is 5.56 Å². The number of aromatic amines is 1. The fraction of sp³-hybridized carbons (Fsp3) is 0.419. The van der Waals surface area contributed by atoms with E-state index in [1.165, 1.54) is 27.4 Å². The van der Waals surface area contributed by atoms with Gasteiger partial charge in [0.15, 0.2) is 5.69 Å². The van der Waals surface area contributed by atoms with Gasteiger partial charge in [0.25, 0.3) is 5.91 Å². The molecule has 2 aliphatic rings. The van der Waals surface area contributed by atoms with Gasteiger partial charge in [-0.1, -0.05) is 55.5 Å². The Balaban J connectivity index is 0.711. The molecule has 328 valence electrons. The molecule has 16 nitrogen and oxygen atoms in total. The number of hydrogen-bond donors (Lipinski definition) is 5. The van der Waals surface area contributed by atoms with Gasteiger partial charge in [-0.05, 0) is 37.8 Å². The number of benzene rings is 2. The third kappa shape index (κ3) is 12.7. The number of fused-ring (bicyclic) bond motifs is 1. The number of H-pyrrole nitrogens is 1. The molecule has 2 fully saturated rings. The van der Waals surface area contributed by atoms with Crippen LogP contribution in [-0.2, 0) is 19.0 Å². The van der Waals surface area contributed by atoms with E-state index in [0.29, 0.717) is 110 Å². The zero-order valence-electron chi connectivity index (χ0n) is 34.4. The van der Waals surface area contributed by atoms with Crippen LogP contribution in [0.3, 0.4) is 0 Å². The van der Waals surface area contributed by atoms with Gasteiger partial charge < -0.3 is 35.5 Å². The molecule has 5 aromatic rings. The van der Waals surface area contributed by atoms with Crippen LogP contribution in [-0.4, -0.2) is 107 Å². The van der Waals surface area contributed by atoms with Gasteiger partial charge in [0.05, 0.1) is 55.7 Å². The smallest absolute Gasteiger partial charge is 0.301 e. The van der Waals surface area contributed by atoms with Crippen molar-refractivity contribution in [2.45, 2.75) is 55.9 Å². The third-order valence-electron chi connectivity index (χ3n) is 10.2. The van der Waals surface area contributed by atoms with Crippen molar-refractivity contribution >= 4 is 57.1 Å². The molecule has 0 spiro atoms. The summed E-state index contributed by atoms with van der Waals surface area (Å²) >= 11 is 4.64. The maximum atomic E-state index is 13.6. The van der Waals surface area contributed by atoms with Crippen molar-refractivity contribution in [2.75, 3.05) is 58.5 Å². The van der Waals surface area contributed by atoms with E-state index in [2.05, 4.69) is 48.2 Å². The lowest BCUT2D eigenvalue weighted by Crippen LogP contribution is -2.36. The fourth-order valence-corrected chi connectivity index (χ4v) is 9.79. The SMILES string of the molecule is C=C1NC2CS[C@H](CCCCC(=O)NCCCOCCOCCOCCCNC(=O)c3ccc(-c4csc(-n5[nH]c(-c6ccccc6)c(N=Nc6nccs6)c5=O)n4)cc3)C2N1. The fourth-order valence-electron chi connectivity index (χ4n) is 7.00. The number of nitrogens with one attached hydrogen (secondary N) is 5. The number of thioether (sulfide) groups is 1. The van der Waals surface area contributed by atoms with Crippen molar-refractivity contribution in [1.82, 2.24) is 41.0 Å². The number of nitrogens with zero attached hydrogens (tertiary/aromatic N) is 5. The topological polar surface area (TPSA) is 198 Å². The first kappa shape index (κ1) is 44.9. The zero-order valence-corrected chi connectivity index (χ0v) is 36.8. The summed E-state index contributed by atoms with van der Waals surface area (Å²) < 4.78 is 18.2. The number of rotatable bonds is 25. The van der Waals surface area contributed by atoms with Crippen LogP contribution in [0.2, 0.25) is 0 Å². The van der Waals surface area contributed by atoms with E-state index in [0.717, 1.165) is 48.4 Å². The Hall–Kier alpha value is -5.18. The Bertz CT molecular complexity index is 2280. The monoisotopic (exact) mass is 900 g/mol. The summed E-state index contributed by atoms with van der Waals surface area (Å²) in [6, 6.07) is 17.6. The first-order valence-electron chi connectivity index (χ1n) is 20.8. The van der Waals surface area contributed by atoms with Gasteiger partial charge in [0, 0.05) is 77.4 Å². The molecule has 2 aromatic carbocycles. The average molecular weight is 901 g/mol. The molecule has 2 amide bonds. The van der Waals surface area contributed by atoms with Crippen LogP contribution >= 0.6 is 34.4 Å². The Kier molecular flexibility index (Phi) is 16.9. The molecule has 0 radical (unpaired) electrons. The number of thiazole rings is 2. The highest BCUT2D eigenvalue weighted by molar-refractivity contribution is 8.00. The minimum Gasteiger partial charge on any atom is -0.379 e. The van der Waals surface area contributed by atoms with Gasteiger partial charge in [-0.2, -0.15) is 16.4 Å². The van der Waals surface area contributed by atoms with Crippen molar-refractivity contribution < 1.29 is 23.8 Å². The number of hydrogen-bond acceptors (Lipinski definition) is 15. The standard InChI is InChI=1S/C43H52N10O6S3/c1-29-47-34-28-61-35(38(34)48-29)11-5-6-12-36(54)44-17-7-20-57-22-24-59-25-23-58-21-8-18-45-40(55)32-15-13-30(14-16-32)33-27-62-43(49-33)53-41(56)39(50-51-42-46-19-26-60-42)37(52-53)31-9-3-2-4-10-31/h2-4,9-10,13-16,19,26-27,34-35,38,47-48,52H,1,5-8,11-12,17-18,20-25,28H2,(H,44,54)(H,45,55)/t34?,35-,38?/m1/s1. The number of ether oxygens (including phenoxy) is 3. The van der Waals surface area contributed by atoms with Crippen LogP contribution < -0.4 is 26.8 Å². The van der Waals surface area contributed by atoms with E-state index in [9.17, 15) is 14.4 Å². The first-order chi connectivity index (χ1) is 30.4. The van der Waals surface area contributed by atoms with Crippen molar-refractivity contribution in [3.05, 3.63) is 99.9 Å². The molecule has 62 heavy (non-hydrogen) atoms. The molecule has 0 aliphatic carbocycles. The Morgan fingerprint density at radius 2 is 1.60 bits per heavy atom. The number of amides is 2. The van der Waals surface area contributed by atoms with Crippen LogP contribution in [0.25, 0.3) is 27.6 Å². The minimum atomic E-state index is -0.385. The Morgan fingerprint density at radius 1 is 0.855 bits per heavy atom. The van der Waals surface area contributed by atoms with Crippen LogP contribution in [0, 0.1) is 0 Å². The lowest BCUT2D eigenvalue weighted by Gasteiger charge is -2.17. The highest BCUT2D eigenvalue weighted by atomic mass is 32.2. The molecule has 2 aliphatic heterocycles. The molecule has 3 atom stereocenters. The normalized spacial score (nSPS) is 17.0. The Morgan fingerprint density at radius 3 is 2.34 bits per heavy atom. The molecule has 0 saturated carbocycles. The summed E-state index contributed by atoms with van der Waals surface area (Å²) in [5.41, 5.74) is 3.07. The zero-order chi connectivity index (χ0) is 42.9. The molecular formula is C43H52N10O6S3. The van der Waals surface area contributed by atoms with Gasteiger partial charge in [0.1, 0.15) is 0 Å². The predicted molar refractivity (Wildman–Crippen MR) is 244 cm³/mol. The minimum absolute atomic E-state index is 0.104. The van der Waals surface area contributed by atoms with Crippen molar-refractivity contribution in [2.24, 2.45) is 10.2 Å². The van der Waals surface area contributed by atoms with E-state index in [-0.39, 0.29) is 23.1 Å². The van der Waals surface area contributed by atoms with Gasteiger partial charge in [-0.15, -0.1) is 32.9 Å². The summed E-state index contributed by atoms with van der Waals surface area (Å²) in [6.07, 6.45) is 6.69. The van der Waals surface area contributed by atoms with Crippen molar-refractivity contribution in [3.8, 4) is 27.6 Å². The molecular weight excluding hydrogens is 849 g/mol. The number of unbranched alkanes of at least 4 members (excludes halogenated alkanes) is 1. The van der Waals surface area contributed by atoms with Crippen molar-refractivity contribution in [3.63, 3.8) is 0 Å². The maximum Gasteiger partial charge on any atom is 0.301 e. The molecule has 2 unspecified atom stereocenters. The summed E-state index contributed by atoms with van der Waals surface area (Å²) in [5, 5.41) is 29.5. The van der Waals surface area contributed by atoms with Crippen LogP contribution in [0.4, 0.5) is 10.8 Å². The summed E-state index contributed by atoms with van der Waals surface area (Å²) in [7, 11) is 0. The van der Waals surface area contributed by atoms with E-state index < -0.39 is 0 Å². The number of azo groups is 1. The van der Waals surface area contributed by atoms with Crippen LogP contribution in [0.5, 0.6) is 0 Å². The molecule has 3 aromatic heterocycles. The largest absolute Gasteiger partial charge is 0.379 e. The number of carbonyl (C=O) groups is 2. The third-order valence-corrected chi connectivity index (χ3v) is 13.1. The van der Waals surface area contributed by atoms with Crippen molar-refractivity contribution in [1.29, 1.82) is 0 Å². The molecule has 7 rings (SSSR count). The first-order valence-corrected chi connectivity index (χ1v) is 23.6. The highest BCUT2D eigenvalue weighted by Gasteiger charge is 2.40. The van der Waals surface area contributed by atoms with Gasteiger partial charge in [-0.25, -0.2) is 9.97 Å². The molecule has 0 bridgehead atoms. The van der Waals surface area contributed by atoms with E-state index in [1.807, 2.05) is 59.6 Å². The molecule has 5 N–H and O–H groups in total. The average Bonchev–Trinajstić information content (AvgIpc) is 4.15. The second kappa shape index (κ2) is 23.3. The molecule has 19 heteroatoms. The lowest BCUT2D eigenvalue weighted by molar-refractivity contribution is -0.121. The number of aromatic nitrogens is 4. The van der Waals surface area contributed by atoms with E-state index >= 15 is 0 Å². The van der Waals surface area contributed by atoms with Gasteiger partial charge in [-0.3, -0.25) is 19.5 Å². The quantitative estimate of drug-likeness (QED) is 0.0313.